The van der Waals surface area contributed by atoms with Crippen LogP contribution in [0, 0.1) is 5.92 Å². The van der Waals surface area contributed by atoms with Gasteiger partial charge >= 0.3 is 0 Å². The molecule has 1 unspecified atom stereocenters. The maximum Gasteiger partial charge on any atom is 0.233 e. The Morgan fingerprint density at radius 1 is 1.29 bits per heavy atom. The van der Waals surface area contributed by atoms with Gasteiger partial charge in [-0.3, -0.25) is 4.79 Å². The van der Waals surface area contributed by atoms with E-state index in [9.17, 15) is 4.79 Å². The molecule has 3 nitrogen and oxygen atoms in total. The Kier molecular flexibility index (Phi) is 6.72. The van der Waals surface area contributed by atoms with Gasteiger partial charge in [0.15, 0.2) is 12.4 Å². The first-order chi connectivity index (χ1) is 11.0. The van der Waals surface area contributed by atoms with E-state index >= 15 is 0 Å². The summed E-state index contributed by atoms with van der Waals surface area (Å²) in [6, 6.07) is 12.4. The molecule has 0 radical (unpaired) electrons. The van der Waals surface area contributed by atoms with Crippen molar-refractivity contribution in [2.45, 2.75) is 19.2 Å². The van der Waals surface area contributed by atoms with Crippen LogP contribution in [0.3, 0.4) is 0 Å². The molecule has 2 aromatic rings. The highest BCUT2D eigenvalue weighted by Crippen LogP contribution is 2.38. The van der Waals surface area contributed by atoms with E-state index in [1.807, 2.05) is 29.3 Å². The minimum absolute atomic E-state index is 0. The van der Waals surface area contributed by atoms with Crippen LogP contribution < -0.4 is 17.0 Å². The fraction of sp³-hybridized carbons (Fsp3) is 0.333. The molecular weight excluding hydrogens is 408 g/mol. The van der Waals surface area contributed by atoms with E-state index in [4.69, 9.17) is 0 Å². The standard InChI is InChI=1S/C18H20BrN2OS.ClH/c1-13(2)10-21-17(22)12-23-18(21)14-4-3-9-20(11-14)16-7-5-15(19)6-8-16;/h3-9,11,13,18H,10,12H2,1-2H3;1H/q+1;/p-1. The van der Waals surface area contributed by atoms with Crippen molar-refractivity contribution in [1.82, 2.24) is 4.90 Å². The molecule has 24 heavy (non-hydrogen) atoms. The summed E-state index contributed by atoms with van der Waals surface area (Å²) in [4.78, 5) is 14.2. The average Bonchev–Trinajstić information content (AvgIpc) is 2.89. The first kappa shape index (κ1) is 19.3. The van der Waals surface area contributed by atoms with Gasteiger partial charge < -0.3 is 17.3 Å². The number of hydrogen-bond acceptors (Lipinski definition) is 2. The molecule has 1 atom stereocenters. The number of thioether (sulfide) groups is 1. The van der Waals surface area contributed by atoms with Crippen molar-refractivity contribution in [2.24, 2.45) is 5.92 Å². The number of carbonyl (C=O) groups excluding carboxylic acids is 1. The summed E-state index contributed by atoms with van der Waals surface area (Å²) in [5, 5.41) is 0.118. The maximum atomic E-state index is 12.2. The third-order valence-electron chi connectivity index (χ3n) is 3.76. The molecule has 2 heterocycles. The van der Waals surface area contributed by atoms with E-state index in [0.717, 1.165) is 16.7 Å². The summed E-state index contributed by atoms with van der Waals surface area (Å²) in [6.45, 7) is 5.12. The van der Waals surface area contributed by atoms with Crippen molar-refractivity contribution in [1.29, 1.82) is 0 Å². The lowest BCUT2D eigenvalue weighted by molar-refractivity contribution is -0.596. The zero-order valence-electron chi connectivity index (χ0n) is 13.7. The molecule has 0 aliphatic carbocycles. The third-order valence-corrected chi connectivity index (χ3v) is 5.55. The Labute approximate surface area is 162 Å². The summed E-state index contributed by atoms with van der Waals surface area (Å²) in [6.07, 6.45) is 4.17. The van der Waals surface area contributed by atoms with Crippen molar-refractivity contribution in [3.05, 3.63) is 58.8 Å². The molecule has 1 aromatic heterocycles. The van der Waals surface area contributed by atoms with Crippen LogP contribution in [0.15, 0.2) is 53.3 Å². The summed E-state index contributed by atoms with van der Waals surface area (Å²) in [5.74, 6) is 1.29. The van der Waals surface area contributed by atoms with Crippen LogP contribution in [-0.4, -0.2) is 23.1 Å². The number of nitrogens with zero attached hydrogens (tertiary/aromatic N) is 2. The van der Waals surface area contributed by atoms with E-state index in [0.29, 0.717) is 11.7 Å². The van der Waals surface area contributed by atoms with Gasteiger partial charge in [0, 0.05) is 34.8 Å². The van der Waals surface area contributed by atoms with Gasteiger partial charge in [0.2, 0.25) is 11.6 Å². The van der Waals surface area contributed by atoms with E-state index in [-0.39, 0.29) is 23.7 Å². The number of rotatable bonds is 4. The summed E-state index contributed by atoms with van der Waals surface area (Å²) in [5.41, 5.74) is 2.28. The van der Waals surface area contributed by atoms with Crippen LogP contribution in [0.25, 0.3) is 5.69 Å². The Morgan fingerprint density at radius 2 is 2.00 bits per heavy atom. The molecule has 1 fully saturated rings. The van der Waals surface area contributed by atoms with Crippen molar-refractivity contribution >= 4 is 33.6 Å². The van der Waals surface area contributed by atoms with Gasteiger partial charge in [0.25, 0.3) is 0 Å². The van der Waals surface area contributed by atoms with E-state index in [1.54, 1.807) is 11.8 Å². The van der Waals surface area contributed by atoms with Gasteiger partial charge in [-0.25, -0.2) is 0 Å². The van der Waals surface area contributed by atoms with Gasteiger partial charge in [0.05, 0.1) is 5.75 Å². The molecule has 1 saturated heterocycles. The molecule has 128 valence electrons. The quantitative estimate of drug-likeness (QED) is 0.679. The molecule has 1 amide bonds. The maximum absolute atomic E-state index is 12.2. The van der Waals surface area contributed by atoms with Gasteiger partial charge in [-0.05, 0) is 24.1 Å². The normalized spacial score (nSPS) is 17.2. The first-order valence-electron chi connectivity index (χ1n) is 7.73. The predicted octanol–water partition coefficient (Wildman–Crippen LogP) is 0.960. The van der Waals surface area contributed by atoms with Crippen LogP contribution in [0.1, 0.15) is 24.8 Å². The zero-order chi connectivity index (χ0) is 16.4. The number of halogens is 2. The Bertz CT molecular complexity index is 708. The van der Waals surface area contributed by atoms with Gasteiger partial charge in [-0.2, -0.15) is 4.57 Å². The lowest BCUT2D eigenvalue weighted by Gasteiger charge is -2.25. The fourth-order valence-corrected chi connectivity index (χ4v) is 4.18. The minimum Gasteiger partial charge on any atom is -1.00 e. The van der Waals surface area contributed by atoms with Crippen LogP contribution >= 0.6 is 27.7 Å². The van der Waals surface area contributed by atoms with Crippen LogP contribution in [0.4, 0.5) is 0 Å². The highest BCUT2D eigenvalue weighted by molar-refractivity contribution is 9.10. The van der Waals surface area contributed by atoms with Crippen molar-refractivity contribution in [2.75, 3.05) is 12.3 Å². The first-order valence-corrected chi connectivity index (χ1v) is 9.57. The van der Waals surface area contributed by atoms with Gasteiger partial charge in [-0.15, -0.1) is 11.8 Å². The number of pyridine rings is 1. The number of amides is 1. The van der Waals surface area contributed by atoms with Crippen LogP contribution in [0.2, 0.25) is 0 Å². The minimum atomic E-state index is 0. The predicted molar refractivity (Wildman–Crippen MR) is 97.4 cm³/mol. The molecule has 0 bridgehead atoms. The molecule has 0 saturated carbocycles. The zero-order valence-corrected chi connectivity index (χ0v) is 16.8. The smallest absolute Gasteiger partial charge is 0.233 e. The molecule has 3 rings (SSSR count). The second-order valence-corrected chi connectivity index (χ2v) is 8.11. The highest BCUT2D eigenvalue weighted by atomic mass is 79.9. The summed E-state index contributed by atoms with van der Waals surface area (Å²) < 4.78 is 3.18. The average molecular weight is 428 g/mol. The molecule has 1 aliphatic rings. The number of hydrogen-bond donors (Lipinski definition) is 0. The van der Waals surface area contributed by atoms with E-state index in [1.165, 1.54) is 5.56 Å². The van der Waals surface area contributed by atoms with Crippen LogP contribution in [0.5, 0.6) is 0 Å². The second kappa shape index (κ2) is 8.37. The number of carbonyl (C=O) groups is 1. The molecule has 1 aromatic carbocycles. The summed E-state index contributed by atoms with van der Waals surface area (Å²) in [7, 11) is 0. The lowest BCUT2D eigenvalue weighted by atomic mass is 10.2. The van der Waals surface area contributed by atoms with Crippen molar-refractivity contribution in [3.63, 3.8) is 0 Å². The lowest BCUT2D eigenvalue weighted by Crippen LogP contribution is -3.00. The van der Waals surface area contributed by atoms with E-state index < -0.39 is 0 Å². The molecule has 6 heteroatoms. The van der Waals surface area contributed by atoms with E-state index in [2.05, 4.69) is 58.7 Å². The topological polar surface area (TPSA) is 24.2 Å². The fourth-order valence-electron chi connectivity index (χ4n) is 2.73. The number of aromatic nitrogens is 1. The third kappa shape index (κ3) is 4.32. The molecule has 0 spiro atoms. The summed E-state index contributed by atoms with van der Waals surface area (Å²) >= 11 is 5.18. The monoisotopic (exact) mass is 426 g/mol. The number of benzene rings is 1. The van der Waals surface area contributed by atoms with Crippen LogP contribution in [-0.2, 0) is 4.79 Å². The molecule has 1 aliphatic heterocycles. The Balaban J connectivity index is 0.00000208. The van der Waals surface area contributed by atoms with Crippen molar-refractivity contribution < 1.29 is 21.8 Å². The molecular formula is C18H20BrClN2OS. The van der Waals surface area contributed by atoms with Gasteiger partial charge in [0.1, 0.15) is 5.37 Å². The Hall–Kier alpha value is -1.04. The second-order valence-electron chi connectivity index (χ2n) is 6.12. The largest absolute Gasteiger partial charge is 1.00 e. The molecule has 0 N–H and O–H groups in total. The van der Waals surface area contributed by atoms with Crippen molar-refractivity contribution in [3.8, 4) is 5.69 Å². The SMILES string of the molecule is CC(C)CN1C(=O)CSC1c1ccc[n+](-c2ccc(Br)cc2)c1.[Cl-]. The van der Waals surface area contributed by atoms with Gasteiger partial charge in [-0.1, -0.05) is 29.8 Å². The Morgan fingerprint density at radius 3 is 2.67 bits per heavy atom. The highest BCUT2D eigenvalue weighted by Gasteiger charge is 2.34.